The fourth-order valence-corrected chi connectivity index (χ4v) is 2.94. The van der Waals surface area contributed by atoms with Gasteiger partial charge in [-0.3, -0.25) is 0 Å². The fourth-order valence-electron chi connectivity index (χ4n) is 2.05. The molecule has 1 atom stereocenters. The SMILES string of the molecule is CC/C=C(\c1ccccc1)[C@H](NS(=O)(=O)C(C)(C)C)C(=O)OCC. The van der Waals surface area contributed by atoms with Gasteiger partial charge in [-0.15, -0.1) is 0 Å². The summed E-state index contributed by atoms with van der Waals surface area (Å²) in [7, 11) is -3.72. The lowest BCUT2D eigenvalue weighted by atomic mass is 9.98. The predicted octanol–water partition coefficient (Wildman–Crippen LogP) is 3.13. The maximum atomic E-state index is 12.6. The summed E-state index contributed by atoms with van der Waals surface area (Å²) in [5, 5.41) is 0. The molecular formula is C18H27NO4S. The Bertz CT molecular complexity index is 673. The van der Waals surface area contributed by atoms with Gasteiger partial charge in [0, 0.05) is 0 Å². The standard InChI is InChI=1S/C18H27NO4S/c1-6-11-15(14-12-9-8-10-13-14)16(17(20)23-7-2)19-24(21,22)18(3,4)5/h8-13,16,19H,6-7H2,1-5H3/b15-11+/t16-/m0/s1. The number of allylic oxidation sites excluding steroid dienone is 1. The lowest BCUT2D eigenvalue weighted by molar-refractivity contribution is -0.143. The van der Waals surface area contributed by atoms with E-state index in [1.807, 2.05) is 43.3 Å². The van der Waals surface area contributed by atoms with E-state index in [0.29, 0.717) is 12.0 Å². The zero-order valence-corrected chi connectivity index (χ0v) is 15.8. The van der Waals surface area contributed by atoms with Gasteiger partial charge >= 0.3 is 5.97 Å². The summed E-state index contributed by atoms with van der Waals surface area (Å²) in [6.45, 7) is 8.57. The second-order valence-electron chi connectivity index (χ2n) is 6.35. The van der Waals surface area contributed by atoms with Crippen LogP contribution in [0.15, 0.2) is 36.4 Å². The van der Waals surface area contributed by atoms with Crippen LogP contribution in [0.5, 0.6) is 0 Å². The Labute approximate surface area is 145 Å². The van der Waals surface area contributed by atoms with Crippen LogP contribution in [0.3, 0.4) is 0 Å². The van der Waals surface area contributed by atoms with Crippen LogP contribution in [-0.4, -0.2) is 31.8 Å². The van der Waals surface area contributed by atoms with Crippen LogP contribution in [0.4, 0.5) is 0 Å². The Morgan fingerprint density at radius 1 is 1.21 bits per heavy atom. The number of sulfonamides is 1. The summed E-state index contributed by atoms with van der Waals surface area (Å²) in [5.74, 6) is -0.603. The molecule has 0 fully saturated rings. The van der Waals surface area contributed by atoms with Gasteiger partial charge in [0.2, 0.25) is 10.0 Å². The Kier molecular flexibility index (Phi) is 7.17. The van der Waals surface area contributed by atoms with Gasteiger partial charge in [0.05, 0.1) is 11.4 Å². The van der Waals surface area contributed by atoms with E-state index in [2.05, 4.69) is 4.72 Å². The second-order valence-corrected chi connectivity index (χ2v) is 8.82. The van der Waals surface area contributed by atoms with Crippen molar-refractivity contribution in [1.82, 2.24) is 4.72 Å². The van der Waals surface area contributed by atoms with E-state index < -0.39 is 26.8 Å². The number of hydrogen-bond donors (Lipinski definition) is 1. The number of rotatable bonds is 7. The van der Waals surface area contributed by atoms with E-state index in [4.69, 9.17) is 4.74 Å². The lowest BCUT2D eigenvalue weighted by Gasteiger charge is -2.26. The quantitative estimate of drug-likeness (QED) is 0.765. The molecule has 1 aromatic carbocycles. The van der Waals surface area contributed by atoms with Crippen molar-refractivity contribution >= 4 is 21.6 Å². The van der Waals surface area contributed by atoms with Crippen molar-refractivity contribution in [3.8, 4) is 0 Å². The molecular weight excluding hydrogens is 326 g/mol. The van der Waals surface area contributed by atoms with Gasteiger partial charge in [-0.2, -0.15) is 4.72 Å². The molecule has 134 valence electrons. The summed E-state index contributed by atoms with van der Waals surface area (Å²) < 4.78 is 31.7. The number of esters is 1. The zero-order chi connectivity index (χ0) is 18.4. The third-order valence-electron chi connectivity index (χ3n) is 3.44. The number of benzene rings is 1. The van der Waals surface area contributed by atoms with Crippen molar-refractivity contribution in [1.29, 1.82) is 0 Å². The van der Waals surface area contributed by atoms with Crippen LogP contribution < -0.4 is 4.72 Å². The largest absolute Gasteiger partial charge is 0.465 e. The highest BCUT2D eigenvalue weighted by atomic mass is 32.2. The Balaban J connectivity index is 3.36. The molecule has 0 aliphatic heterocycles. The first-order valence-electron chi connectivity index (χ1n) is 8.08. The van der Waals surface area contributed by atoms with Crippen molar-refractivity contribution < 1.29 is 17.9 Å². The number of ether oxygens (including phenoxy) is 1. The Morgan fingerprint density at radius 2 is 1.79 bits per heavy atom. The van der Waals surface area contributed by atoms with Crippen molar-refractivity contribution in [2.45, 2.75) is 51.8 Å². The van der Waals surface area contributed by atoms with Crippen LogP contribution in [-0.2, 0) is 19.6 Å². The molecule has 0 aliphatic rings. The summed E-state index contributed by atoms with van der Waals surface area (Å²) >= 11 is 0. The highest BCUT2D eigenvalue weighted by molar-refractivity contribution is 7.90. The molecule has 0 spiro atoms. The average molecular weight is 353 g/mol. The normalized spacial score (nSPS) is 14.3. The number of hydrogen-bond acceptors (Lipinski definition) is 4. The second kappa shape index (κ2) is 8.44. The number of carbonyl (C=O) groups excluding carboxylic acids is 1. The third-order valence-corrected chi connectivity index (χ3v) is 5.60. The van der Waals surface area contributed by atoms with Crippen LogP contribution in [0.1, 0.15) is 46.6 Å². The first-order chi connectivity index (χ1) is 11.1. The van der Waals surface area contributed by atoms with Gasteiger partial charge in [0.15, 0.2) is 0 Å². The molecule has 1 N–H and O–H groups in total. The molecule has 0 amide bonds. The monoisotopic (exact) mass is 353 g/mol. The number of nitrogens with one attached hydrogen (secondary N) is 1. The van der Waals surface area contributed by atoms with Crippen LogP contribution >= 0.6 is 0 Å². The number of carbonyl (C=O) groups is 1. The maximum Gasteiger partial charge on any atom is 0.328 e. The molecule has 0 bridgehead atoms. The summed E-state index contributed by atoms with van der Waals surface area (Å²) in [6, 6.07) is 8.18. The molecule has 0 saturated heterocycles. The molecule has 0 aliphatic carbocycles. The minimum atomic E-state index is -3.72. The van der Waals surface area contributed by atoms with Crippen LogP contribution in [0.2, 0.25) is 0 Å². The van der Waals surface area contributed by atoms with E-state index in [9.17, 15) is 13.2 Å². The van der Waals surface area contributed by atoms with Gasteiger partial charge in [-0.1, -0.05) is 43.3 Å². The van der Waals surface area contributed by atoms with E-state index in [1.165, 1.54) is 0 Å². The van der Waals surface area contributed by atoms with E-state index in [0.717, 1.165) is 5.56 Å². The van der Waals surface area contributed by atoms with Gasteiger partial charge in [0.1, 0.15) is 6.04 Å². The maximum absolute atomic E-state index is 12.6. The summed E-state index contributed by atoms with van der Waals surface area (Å²) in [5.41, 5.74) is 1.39. The summed E-state index contributed by atoms with van der Waals surface area (Å²) in [6.07, 6.45) is 2.51. The Hall–Kier alpha value is -1.66. The smallest absolute Gasteiger partial charge is 0.328 e. The molecule has 0 heterocycles. The van der Waals surface area contributed by atoms with Crippen molar-refractivity contribution in [3.63, 3.8) is 0 Å². The summed E-state index contributed by atoms with van der Waals surface area (Å²) in [4.78, 5) is 12.4. The average Bonchev–Trinajstić information content (AvgIpc) is 2.50. The highest BCUT2D eigenvalue weighted by Crippen LogP contribution is 2.23. The minimum Gasteiger partial charge on any atom is -0.465 e. The van der Waals surface area contributed by atoms with E-state index in [1.54, 1.807) is 27.7 Å². The first kappa shape index (κ1) is 20.4. The van der Waals surface area contributed by atoms with Gasteiger partial charge in [0.25, 0.3) is 0 Å². The molecule has 1 rings (SSSR count). The molecule has 6 heteroatoms. The third kappa shape index (κ3) is 5.18. The zero-order valence-electron chi connectivity index (χ0n) is 15.0. The molecule has 0 unspecified atom stereocenters. The molecule has 5 nitrogen and oxygen atoms in total. The van der Waals surface area contributed by atoms with Crippen molar-refractivity contribution in [2.75, 3.05) is 6.61 Å². The van der Waals surface area contributed by atoms with Gasteiger partial charge in [-0.25, -0.2) is 13.2 Å². The van der Waals surface area contributed by atoms with Crippen LogP contribution in [0.25, 0.3) is 5.57 Å². The minimum absolute atomic E-state index is 0.181. The predicted molar refractivity (Wildman–Crippen MR) is 96.9 cm³/mol. The Morgan fingerprint density at radius 3 is 2.25 bits per heavy atom. The van der Waals surface area contributed by atoms with E-state index in [-0.39, 0.29) is 6.61 Å². The topological polar surface area (TPSA) is 72.5 Å². The molecule has 0 saturated carbocycles. The van der Waals surface area contributed by atoms with E-state index >= 15 is 0 Å². The fraction of sp³-hybridized carbons (Fsp3) is 0.500. The molecule has 0 radical (unpaired) electrons. The van der Waals surface area contributed by atoms with Crippen LogP contribution in [0, 0.1) is 0 Å². The lowest BCUT2D eigenvalue weighted by Crippen LogP contribution is -2.49. The van der Waals surface area contributed by atoms with Gasteiger partial charge in [-0.05, 0) is 45.3 Å². The molecule has 1 aromatic rings. The first-order valence-corrected chi connectivity index (χ1v) is 9.56. The van der Waals surface area contributed by atoms with Crippen molar-refractivity contribution in [2.24, 2.45) is 0 Å². The molecule has 0 aromatic heterocycles. The molecule has 24 heavy (non-hydrogen) atoms. The van der Waals surface area contributed by atoms with Gasteiger partial charge < -0.3 is 4.74 Å². The highest BCUT2D eigenvalue weighted by Gasteiger charge is 2.36. The van der Waals surface area contributed by atoms with Crippen molar-refractivity contribution in [3.05, 3.63) is 42.0 Å².